The van der Waals surface area contributed by atoms with Crippen molar-refractivity contribution < 1.29 is 9.84 Å². The van der Waals surface area contributed by atoms with Gasteiger partial charge in [-0.25, -0.2) is 0 Å². The van der Waals surface area contributed by atoms with E-state index in [9.17, 15) is 0 Å². The normalized spacial score (nSPS) is 10.4. The summed E-state index contributed by atoms with van der Waals surface area (Å²) in [4.78, 5) is 0. The first-order valence-electron chi connectivity index (χ1n) is 6.20. The first-order chi connectivity index (χ1) is 8.72. The second kappa shape index (κ2) is 5.69. The summed E-state index contributed by atoms with van der Waals surface area (Å²) in [6.07, 6.45) is 1.03. The maximum absolute atomic E-state index is 9.12. The molecule has 2 nitrogen and oxygen atoms in total. The first-order valence-corrected chi connectivity index (χ1v) is 6.20. The Hall–Kier alpha value is -1.80. The van der Waals surface area contributed by atoms with E-state index in [1.54, 1.807) is 0 Å². The van der Waals surface area contributed by atoms with Crippen molar-refractivity contribution in [3.63, 3.8) is 0 Å². The molecule has 0 atom stereocenters. The van der Waals surface area contributed by atoms with E-state index in [1.807, 2.05) is 37.3 Å². The molecule has 2 aromatic rings. The molecule has 0 aliphatic carbocycles. The summed E-state index contributed by atoms with van der Waals surface area (Å²) in [6, 6.07) is 13.8. The SMILES string of the molecule is CCc1ccc(Oc2ccc(CO)c(C)c2)cc1. The molecular formula is C16H18O2. The Kier molecular flexibility index (Phi) is 4.00. The van der Waals surface area contributed by atoms with Gasteiger partial charge in [0, 0.05) is 0 Å². The highest BCUT2D eigenvalue weighted by atomic mass is 16.5. The van der Waals surface area contributed by atoms with E-state index in [0.717, 1.165) is 29.0 Å². The van der Waals surface area contributed by atoms with Gasteiger partial charge < -0.3 is 9.84 Å². The summed E-state index contributed by atoms with van der Waals surface area (Å²) in [7, 11) is 0. The van der Waals surface area contributed by atoms with Gasteiger partial charge in [-0.15, -0.1) is 0 Å². The number of aliphatic hydroxyl groups is 1. The van der Waals surface area contributed by atoms with Gasteiger partial charge in [-0.3, -0.25) is 0 Å². The Morgan fingerprint density at radius 2 is 1.67 bits per heavy atom. The van der Waals surface area contributed by atoms with E-state index in [0.29, 0.717) is 0 Å². The molecule has 0 aromatic heterocycles. The molecule has 2 heteroatoms. The van der Waals surface area contributed by atoms with Gasteiger partial charge in [0.25, 0.3) is 0 Å². The lowest BCUT2D eigenvalue weighted by molar-refractivity contribution is 0.281. The summed E-state index contributed by atoms with van der Waals surface area (Å²) < 4.78 is 5.78. The molecule has 2 aromatic carbocycles. The molecule has 0 bridgehead atoms. The lowest BCUT2D eigenvalue weighted by atomic mass is 10.1. The zero-order valence-corrected chi connectivity index (χ0v) is 10.8. The van der Waals surface area contributed by atoms with Crippen LogP contribution in [0.4, 0.5) is 0 Å². The molecule has 0 radical (unpaired) electrons. The van der Waals surface area contributed by atoms with Crippen LogP contribution in [0, 0.1) is 6.92 Å². The molecule has 0 fully saturated rings. The van der Waals surface area contributed by atoms with Gasteiger partial charge in [-0.2, -0.15) is 0 Å². The number of ether oxygens (including phenoxy) is 1. The number of aliphatic hydroxyl groups excluding tert-OH is 1. The lowest BCUT2D eigenvalue weighted by Crippen LogP contribution is -1.90. The molecule has 0 spiro atoms. The number of hydrogen-bond acceptors (Lipinski definition) is 2. The summed E-state index contributed by atoms with van der Waals surface area (Å²) in [5.74, 6) is 1.64. The van der Waals surface area contributed by atoms with Gasteiger partial charge in [0.05, 0.1) is 6.61 Å². The fourth-order valence-electron chi connectivity index (χ4n) is 1.84. The lowest BCUT2D eigenvalue weighted by Gasteiger charge is -2.09. The van der Waals surface area contributed by atoms with Crippen LogP contribution in [0.25, 0.3) is 0 Å². The smallest absolute Gasteiger partial charge is 0.127 e. The van der Waals surface area contributed by atoms with Crippen LogP contribution in [0.5, 0.6) is 11.5 Å². The second-order valence-corrected chi connectivity index (χ2v) is 4.35. The Morgan fingerprint density at radius 3 is 2.22 bits per heavy atom. The third kappa shape index (κ3) is 2.90. The van der Waals surface area contributed by atoms with E-state index >= 15 is 0 Å². The number of benzene rings is 2. The summed E-state index contributed by atoms with van der Waals surface area (Å²) >= 11 is 0. The Morgan fingerprint density at radius 1 is 1.00 bits per heavy atom. The van der Waals surface area contributed by atoms with Crippen molar-refractivity contribution in [1.29, 1.82) is 0 Å². The first kappa shape index (κ1) is 12.7. The van der Waals surface area contributed by atoms with Crippen molar-refractivity contribution in [2.75, 3.05) is 0 Å². The molecule has 2 rings (SSSR count). The molecule has 18 heavy (non-hydrogen) atoms. The quantitative estimate of drug-likeness (QED) is 0.882. The van der Waals surface area contributed by atoms with Crippen molar-refractivity contribution in [2.45, 2.75) is 26.9 Å². The summed E-state index contributed by atoms with van der Waals surface area (Å²) in [5.41, 5.74) is 3.28. The summed E-state index contributed by atoms with van der Waals surface area (Å²) in [5, 5.41) is 9.12. The van der Waals surface area contributed by atoms with E-state index in [-0.39, 0.29) is 6.61 Å². The molecule has 94 valence electrons. The highest BCUT2D eigenvalue weighted by Crippen LogP contribution is 2.24. The maximum Gasteiger partial charge on any atom is 0.127 e. The molecule has 0 saturated carbocycles. The van der Waals surface area contributed by atoms with Crippen LogP contribution in [0.1, 0.15) is 23.6 Å². The van der Waals surface area contributed by atoms with Crippen LogP contribution < -0.4 is 4.74 Å². The zero-order valence-electron chi connectivity index (χ0n) is 10.8. The van der Waals surface area contributed by atoms with Crippen LogP contribution in [0.2, 0.25) is 0 Å². The predicted molar refractivity (Wildman–Crippen MR) is 73.0 cm³/mol. The molecule has 0 aliphatic rings. The van der Waals surface area contributed by atoms with Crippen molar-refractivity contribution >= 4 is 0 Å². The minimum absolute atomic E-state index is 0.0668. The monoisotopic (exact) mass is 242 g/mol. The van der Waals surface area contributed by atoms with Crippen LogP contribution in [-0.2, 0) is 13.0 Å². The fourth-order valence-corrected chi connectivity index (χ4v) is 1.84. The Balaban J connectivity index is 2.15. The number of rotatable bonds is 4. The number of hydrogen-bond donors (Lipinski definition) is 1. The average molecular weight is 242 g/mol. The predicted octanol–water partition coefficient (Wildman–Crippen LogP) is 3.84. The van der Waals surface area contributed by atoms with E-state index in [2.05, 4.69) is 19.1 Å². The van der Waals surface area contributed by atoms with Crippen LogP contribution >= 0.6 is 0 Å². The van der Waals surface area contributed by atoms with Crippen molar-refractivity contribution in [3.8, 4) is 11.5 Å². The second-order valence-electron chi connectivity index (χ2n) is 4.35. The van der Waals surface area contributed by atoms with Crippen LogP contribution in [0.15, 0.2) is 42.5 Å². The van der Waals surface area contributed by atoms with E-state index in [1.165, 1.54) is 5.56 Å². The Bertz CT molecular complexity index is 515. The number of aryl methyl sites for hydroxylation is 2. The van der Waals surface area contributed by atoms with E-state index in [4.69, 9.17) is 9.84 Å². The van der Waals surface area contributed by atoms with Gasteiger partial charge in [0.1, 0.15) is 11.5 Å². The molecule has 0 amide bonds. The minimum atomic E-state index is 0.0668. The molecule has 0 aliphatic heterocycles. The molecule has 0 saturated heterocycles. The van der Waals surface area contributed by atoms with Crippen LogP contribution in [0.3, 0.4) is 0 Å². The standard InChI is InChI=1S/C16H18O2/c1-3-13-4-7-15(8-5-13)18-16-9-6-14(11-17)12(2)10-16/h4-10,17H,3,11H2,1-2H3. The van der Waals surface area contributed by atoms with Crippen molar-refractivity contribution in [2.24, 2.45) is 0 Å². The van der Waals surface area contributed by atoms with Gasteiger partial charge in [0.15, 0.2) is 0 Å². The van der Waals surface area contributed by atoms with Gasteiger partial charge in [-0.05, 0) is 54.3 Å². The fraction of sp³-hybridized carbons (Fsp3) is 0.250. The minimum Gasteiger partial charge on any atom is -0.457 e. The highest BCUT2D eigenvalue weighted by molar-refractivity contribution is 5.38. The van der Waals surface area contributed by atoms with Crippen LogP contribution in [-0.4, -0.2) is 5.11 Å². The third-order valence-electron chi connectivity index (χ3n) is 3.05. The molecule has 0 unspecified atom stereocenters. The van der Waals surface area contributed by atoms with Gasteiger partial charge in [0.2, 0.25) is 0 Å². The molecule has 1 N–H and O–H groups in total. The van der Waals surface area contributed by atoms with Crippen molar-refractivity contribution in [1.82, 2.24) is 0 Å². The van der Waals surface area contributed by atoms with E-state index < -0.39 is 0 Å². The molecule has 0 heterocycles. The third-order valence-corrected chi connectivity index (χ3v) is 3.05. The molecular weight excluding hydrogens is 224 g/mol. The van der Waals surface area contributed by atoms with Gasteiger partial charge in [-0.1, -0.05) is 25.1 Å². The van der Waals surface area contributed by atoms with Crippen molar-refractivity contribution in [3.05, 3.63) is 59.2 Å². The zero-order chi connectivity index (χ0) is 13.0. The highest BCUT2D eigenvalue weighted by Gasteiger charge is 2.01. The average Bonchev–Trinajstić information content (AvgIpc) is 2.40. The topological polar surface area (TPSA) is 29.5 Å². The largest absolute Gasteiger partial charge is 0.457 e. The summed E-state index contributed by atoms with van der Waals surface area (Å²) in [6.45, 7) is 4.17. The maximum atomic E-state index is 9.12. The Labute approximate surface area is 108 Å². The van der Waals surface area contributed by atoms with Gasteiger partial charge >= 0.3 is 0 Å².